The van der Waals surface area contributed by atoms with Crippen LogP contribution in [-0.2, 0) is 16.6 Å². The van der Waals surface area contributed by atoms with Crippen LogP contribution in [0.25, 0.3) is 0 Å². The molecule has 1 heterocycles. The van der Waals surface area contributed by atoms with Gasteiger partial charge in [0.15, 0.2) is 0 Å². The summed E-state index contributed by atoms with van der Waals surface area (Å²) in [7, 11) is -3.63. The van der Waals surface area contributed by atoms with Gasteiger partial charge < -0.3 is 15.5 Å². The van der Waals surface area contributed by atoms with Crippen molar-refractivity contribution in [1.29, 1.82) is 0 Å². The van der Waals surface area contributed by atoms with Gasteiger partial charge in [0, 0.05) is 11.7 Å². The molecule has 0 saturated heterocycles. The fraction of sp³-hybridized carbons (Fsp3) is 0.312. The van der Waals surface area contributed by atoms with E-state index >= 15 is 0 Å². The third-order valence-electron chi connectivity index (χ3n) is 3.49. The summed E-state index contributed by atoms with van der Waals surface area (Å²) in [5.74, 6) is 0.0946. The minimum absolute atomic E-state index is 0.0930. The van der Waals surface area contributed by atoms with Crippen LogP contribution in [0, 0.1) is 0 Å². The molecule has 0 aliphatic heterocycles. The summed E-state index contributed by atoms with van der Waals surface area (Å²) in [5, 5.41) is 2.64. The molecule has 1 amide bonds. The van der Waals surface area contributed by atoms with Crippen molar-refractivity contribution < 1.29 is 17.6 Å². The first-order valence-corrected chi connectivity index (χ1v) is 9.05. The van der Waals surface area contributed by atoms with Gasteiger partial charge in [0.1, 0.15) is 12.0 Å². The fourth-order valence-corrected chi connectivity index (χ4v) is 3.34. The highest BCUT2D eigenvalue weighted by Crippen LogP contribution is 2.17. The number of sulfonamides is 1. The molecule has 0 saturated carbocycles. The zero-order valence-electron chi connectivity index (χ0n) is 13.6. The number of rotatable bonds is 7. The van der Waals surface area contributed by atoms with Crippen molar-refractivity contribution in [2.45, 2.75) is 37.8 Å². The zero-order valence-corrected chi connectivity index (χ0v) is 14.4. The van der Waals surface area contributed by atoms with E-state index in [2.05, 4.69) is 10.0 Å². The van der Waals surface area contributed by atoms with Gasteiger partial charge >= 0.3 is 0 Å². The smallest absolute Gasteiger partial charge is 0.258 e. The summed E-state index contributed by atoms with van der Waals surface area (Å²) >= 11 is 0. The molecule has 1 unspecified atom stereocenters. The first-order valence-electron chi connectivity index (χ1n) is 7.57. The van der Waals surface area contributed by atoms with Crippen molar-refractivity contribution in [2.24, 2.45) is 5.73 Å². The lowest BCUT2D eigenvalue weighted by Crippen LogP contribution is -2.32. The molecule has 4 N–H and O–H groups in total. The maximum atomic E-state index is 12.3. The molecule has 8 heteroatoms. The first-order chi connectivity index (χ1) is 11.4. The van der Waals surface area contributed by atoms with Gasteiger partial charge in [0.05, 0.1) is 17.0 Å². The fourth-order valence-electron chi connectivity index (χ4n) is 1.97. The Morgan fingerprint density at radius 3 is 2.71 bits per heavy atom. The standard InChI is InChI=1S/C16H21N3O4S/c1-3-11(2)19-24(21,22)15-6-4-5-13(8-15)18-16(20)12-7-14(9-17)23-10-12/h4-8,10-11,19H,3,9,17H2,1-2H3,(H,18,20). The highest BCUT2D eigenvalue weighted by Gasteiger charge is 2.17. The van der Waals surface area contributed by atoms with Crippen LogP contribution in [0.5, 0.6) is 0 Å². The molecule has 1 aromatic carbocycles. The van der Waals surface area contributed by atoms with Crippen molar-refractivity contribution in [2.75, 3.05) is 5.32 Å². The Morgan fingerprint density at radius 1 is 1.33 bits per heavy atom. The van der Waals surface area contributed by atoms with Gasteiger partial charge in [-0.3, -0.25) is 4.79 Å². The van der Waals surface area contributed by atoms with E-state index in [4.69, 9.17) is 10.2 Å². The molecule has 0 bridgehead atoms. The number of nitrogens with one attached hydrogen (secondary N) is 2. The minimum atomic E-state index is -3.63. The molecule has 2 aromatic rings. The highest BCUT2D eigenvalue weighted by molar-refractivity contribution is 7.89. The van der Waals surface area contributed by atoms with Crippen LogP contribution in [0.3, 0.4) is 0 Å². The van der Waals surface area contributed by atoms with Crippen LogP contribution in [0.2, 0.25) is 0 Å². The number of hydrogen-bond acceptors (Lipinski definition) is 5. The second-order valence-electron chi connectivity index (χ2n) is 5.42. The van der Waals surface area contributed by atoms with Crippen molar-refractivity contribution in [3.05, 3.63) is 47.9 Å². The van der Waals surface area contributed by atoms with Gasteiger partial charge in [-0.25, -0.2) is 13.1 Å². The molecule has 0 aliphatic rings. The van der Waals surface area contributed by atoms with Crippen molar-refractivity contribution in [3.8, 4) is 0 Å². The number of anilines is 1. The van der Waals surface area contributed by atoms with Gasteiger partial charge in [0.2, 0.25) is 10.0 Å². The lowest BCUT2D eigenvalue weighted by Gasteiger charge is -2.13. The van der Waals surface area contributed by atoms with Gasteiger partial charge in [-0.2, -0.15) is 0 Å². The molecule has 0 spiro atoms. The molecule has 7 nitrogen and oxygen atoms in total. The predicted molar refractivity (Wildman–Crippen MR) is 91.1 cm³/mol. The Hall–Kier alpha value is -2.16. The van der Waals surface area contributed by atoms with Crippen molar-refractivity contribution >= 4 is 21.6 Å². The van der Waals surface area contributed by atoms with E-state index in [1.54, 1.807) is 25.1 Å². The van der Waals surface area contributed by atoms with E-state index < -0.39 is 15.9 Å². The number of amides is 1. The van der Waals surface area contributed by atoms with Crippen LogP contribution in [0.15, 0.2) is 45.9 Å². The van der Waals surface area contributed by atoms with Gasteiger partial charge in [-0.1, -0.05) is 13.0 Å². The Labute approximate surface area is 141 Å². The molecular weight excluding hydrogens is 330 g/mol. The number of furan rings is 1. The topological polar surface area (TPSA) is 114 Å². The van der Waals surface area contributed by atoms with E-state index in [9.17, 15) is 13.2 Å². The van der Waals surface area contributed by atoms with E-state index in [0.717, 1.165) is 0 Å². The number of carbonyl (C=O) groups is 1. The third kappa shape index (κ3) is 4.44. The Bertz CT molecular complexity index is 814. The second-order valence-corrected chi connectivity index (χ2v) is 7.13. The maximum absolute atomic E-state index is 12.3. The number of benzene rings is 1. The highest BCUT2D eigenvalue weighted by atomic mass is 32.2. The maximum Gasteiger partial charge on any atom is 0.258 e. The summed E-state index contributed by atoms with van der Waals surface area (Å²) in [4.78, 5) is 12.2. The molecule has 24 heavy (non-hydrogen) atoms. The van der Waals surface area contributed by atoms with Crippen LogP contribution >= 0.6 is 0 Å². The van der Waals surface area contributed by atoms with E-state index in [1.165, 1.54) is 18.4 Å². The Kier molecular flexibility index (Phi) is 5.76. The normalized spacial score (nSPS) is 12.8. The summed E-state index contributed by atoms with van der Waals surface area (Å²) in [6, 6.07) is 7.44. The molecular formula is C16H21N3O4S. The summed E-state index contributed by atoms with van der Waals surface area (Å²) < 4.78 is 32.3. The quantitative estimate of drug-likeness (QED) is 0.706. The summed E-state index contributed by atoms with van der Waals surface area (Å²) in [5.41, 5.74) is 6.13. The van der Waals surface area contributed by atoms with Gasteiger partial charge in [0.25, 0.3) is 5.91 Å². The van der Waals surface area contributed by atoms with E-state index in [0.29, 0.717) is 23.4 Å². The van der Waals surface area contributed by atoms with E-state index in [1.807, 2.05) is 6.92 Å². The minimum Gasteiger partial charge on any atom is -0.467 e. The molecule has 0 radical (unpaired) electrons. The van der Waals surface area contributed by atoms with Crippen molar-refractivity contribution in [1.82, 2.24) is 4.72 Å². The Balaban J connectivity index is 2.16. The largest absolute Gasteiger partial charge is 0.467 e. The van der Waals surface area contributed by atoms with Crippen LogP contribution in [-0.4, -0.2) is 20.4 Å². The van der Waals surface area contributed by atoms with Gasteiger partial charge in [-0.15, -0.1) is 0 Å². The second kappa shape index (κ2) is 7.61. The average Bonchev–Trinajstić information content (AvgIpc) is 3.04. The van der Waals surface area contributed by atoms with Crippen LogP contribution < -0.4 is 15.8 Å². The SMILES string of the molecule is CCC(C)NS(=O)(=O)c1cccc(NC(=O)c2coc(CN)c2)c1. The number of nitrogens with two attached hydrogens (primary N) is 1. The van der Waals surface area contributed by atoms with Crippen LogP contribution in [0.1, 0.15) is 36.4 Å². The van der Waals surface area contributed by atoms with E-state index in [-0.39, 0.29) is 17.5 Å². The Morgan fingerprint density at radius 2 is 2.08 bits per heavy atom. The molecule has 0 fully saturated rings. The third-order valence-corrected chi connectivity index (χ3v) is 5.08. The molecule has 1 atom stereocenters. The van der Waals surface area contributed by atoms with Crippen LogP contribution in [0.4, 0.5) is 5.69 Å². The molecule has 1 aromatic heterocycles. The number of carbonyl (C=O) groups excluding carboxylic acids is 1. The lowest BCUT2D eigenvalue weighted by molar-refractivity contribution is 0.102. The predicted octanol–water partition coefficient (Wildman–Crippen LogP) is 2.07. The molecule has 130 valence electrons. The lowest BCUT2D eigenvalue weighted by atomic mass is 10.2. The molecule has 2 rings (SSSR count). The monoisotopic (exact) mass is 351 g/mol. The van der Waals surface area contributed by atoms with Gasteiger partial charge in [-0.05, 0) is 37.6 Å². The number of hydrogen-bond donors (Lipinski definition) is 3. The first kappa shape index (κ1) is 18.2. The molecule has 0 aliphatic carbocycles. The zero-order chi connectivity index (χ0) is 17.7. The summed E-state index contributed by atoms with van der Waals surface area (Å²) in [6.45, 7) is 3.88. The van der Waals surface area contributed by atoms with Crippen molar-refractivity contribution in [3.63, 3.8) is 0 Å². The summed E-state index contributed by atoms with van der Waals surface area (Å²) in [6.07, 6.45) is 1.99. The average molecular weight is 351 g/mol.